The molecule has 0 atom stereocenters. The lowest BCUT2D eigenvalue weighted by Crippen LogP contribution is -2.22. The predicted octanol–water partition coefficient (Wildman–Crippen LogP) is 4.92. The molecule has 0 spiro atoms. The Bertz CT molecular complexity index is 1120. The van der Waals surface area contributed by atoms with E-state index in [4.69, 9.17) is 0 Å². The Kier molecular flexibility index (Phi) is 6.18. The molecule has 0 unspecified atom stereocenters. The maximum atomic E-state index is 12.5. The van der Waals surface area contributed by atoms with Crippen LogP contribution in [0.1, 0.15) is 52.6 Å². The molecule has 3 heterocycles. The van der Waals surface area contributed by atoms with Crippen LogP contribution in [-0.4, -0.2) is 25.8 Å². The van der Waals surface area contributed by atoms with Crippen LogP contribution in [-0.2, 0) is 19.4 Å². The first-order valence-corrected chi connectivity index (χ1v) is 11.2. The van der Waals surface area contributed by atoms with Gasteiger partial charge in [0.15, 0.2) is 5.01 Å². The lowest BCUT2D eigenvalue weighted by Gasteiger charge is -2.06. The van der Waals surface area contributed by atoms with Crippen molar-refractivity contribution >= 4 is 28.3 Å². The molecule has 1 amide bonds. The number of thiazole rings is 1. The molecule has 30 heavy (non-hydrogen) atoms. The van der Waals surface area contributed by atoms with E-state index in [1.54, 1.807) is 6.33 Å². The number of aromatic nitrogens is 4. The molecule has 0 saturated heterocycles. The van der Waals surface area contributed by atoms with Gasteiger partial charge in [0.2, 0.25) is 0 Å². The molecule has 1 aromatic carbocycles. The van der Waals surface area contributed by atoms with Crippen molar-refractivity contribution in [3.63, 3.8) is 0 Å². The van der Waals surface area contributed by atoms with Gasteiger partial charge in [-0.2, -0.15) is 0 Å². The van der Waals surface area contributed by atoms with Crippen molar-refractivity contribution in [1.82, 2.24) is 25.3 Å². The molecule has 4 aromatic rings. The number of nitrogens with one attached hydrogen (secondary N) is 2. The third-order valence-corrected chi connectivity index (χ3v) is 6.23. The van der Waals surface area contributed by atoms with Crippen LogP contribution in [0.15, 0.2) is 42.9 Å². The van der Waals surface area contributed by atoms with Gasteiger partial charge in [0.1, 0.15) is 12.0 Å². The second-order valence-electron chi connectivity index (χ2n) is 6.94. The quantitative estimate of drug-likeness (QED) is 0.492. The van der Waals surface area contributed by atoms with Gasteiger partial charge in [-0.25, -0.2) is 15.0 Å². The van der Waals surface area contributed by atoms with Gasteiger partial charge in [-0.3, -0.25) is 4.79 Å². The number of benzene rings is 1. The van der Waals surface area contributed by atoms with Crippen molar-refractivity contribution in [2.75, 3.05) is 0 Å². The normalized spacial score (nSPS) is 12.7. The van der Waals surface area contributed by atoms with Crippen LogP contribution < -0.4 is 5.32 Å². The molecule has 1 aliphatic rings. The molecule has 3 aromatic heterocycles. The van der Waals surface area contributed by atoms with Crippen LogP contribution >= 0.6 is 11.3 Å². The monoisotopic (exact) mass is 419 g/mol. The fraction of sp³-hybridized carbons (Fsp3) is 0.304. The lowest BCUT2D eigenvalue weighted by molar-refractivity contribution is 0.0950. The van der Waals surface area contributed by atoms with Gasteiger partial charge in [-0.05, 0) is 37.3 Å². The topological polar surface area (TPSA) is 83.6 Å². The van der Waals surface area contributed by atoms with Crippen LogP contribution in [0.2, 0.25) is 0 Å². The molecule has 0 saturated carbocycles. The number of fused-ring (bicyclic) bond motifs is 2. The number of rotatable bonds is 4. The van der Waals surface area contributed by atoms with Gasteiger partial charge < -0.3 is 10.3 Å². The molecule has 1 aliphatic carbocycles. The van der Waals surface area contributed by atoms with E-state index in [-0.39, 0.29) is 5.91 Å². The number of aryl methyl sites for hydroxylation is 2. The predicted molar refractivity (Wildman–Crippen MR) is 121 cm³/mol. The molecule has 0 fully saturated rings. The number of H-pyrrole nitrogens is 1. The van der Waals surface area contributed by atoms with E-state index in [1.165, 1.54) is 29.1 Å². The summed E-state index contributed by atoms with van der Waals surface area (Å²) in [5.74, 6) is -0.0895. The van der Waals surface area contributed by atoms with Crippen molar-refractivity contribution in [3.05, 3.63) is 64.0 Å². The molecule has 7 heteroatoms. The largest absolute Gasteiger partial charge is 0.346 e. The lowest BCUT2D eigenvalue weighted by atomic mass is 10.0. The van der Waals surface area contributed by atoms with Crippen LogP contribution in [0, 0.1) is 0 Å². The van der Waals surface area contributed by atoms with Crippen molar-refractivity contribution in [1.29, 1.82) is 0 Å². The molecular weight excluding hydrogens is 394 g/mol. The first kappa shape index (κ1) is 20.2. The second kappa shape index (κ2) is 9.17. The number of nitrogens with zero attached hydrogens (tertiary/aromatic N) is 3. The summed E-state index contributed by atoms with van der Waals surface area (Å²) < 4.78 is 0. The average molecular weight is 420 g/mol. The van der Waals surface area contributed by atoms with Gasteiger partial charge in [0.25, 0.3) is 5.91 Å². The Morgan fingerprint density at radius 3 is 2.70 bits per heavy atom. The highest BCUT2D eigenvalue weighted by Gasteiger charge is 2.18. The summed E-state index contributed by atoms with van der Waals surface area (Å²) in [5, 5.41) is 4.57. The Morgan fingerprint density at radius 2 is 1.90 bits per heavy atom. The first-order valence-electron chi connectivity index (χ1n) is 10.4. The third kappa shape index (κ3) is 4.11. The zero-order valence-electron chi connectivity index (χ0n) is 17.2. The summed E-state index contributed by atoms with van der Waals surface area (Å²) >= 11 is 1.54. The van der Waals surface area contributed by atoms with Crippen molar-refractivity contribution in [3.8, 4) is 11.3 Å². The molecular formula is C23H25N5OS. The fourth-order valence-corrected chi connectivity index (χ4v) is 4.66. The number of carbonyl (C=O) groups excluding carboxylic acids is 1. The smallest absolute Gasteiger partial charge is 0.280 e. The standard InChI is InChI=1S/C21H19N5OS.C2H6/c27-20(21-26-16-3-1-2-4-17(16)28-21)23-11-13-5-7-14(8-6-13)18-15-9-10-22-19(15)25-12-24-18;1-2/h5-10,12H,1-4,11H2,(H,23,27)(H,22,24,25);1-2H3. The number of hydrogen-bond acceptors (Lipinski definition) is 5. The van der Waals surface area contributed by atoms with E-state index in [1.807, 2.05) is 50.4 Å². The van der Waals surface area contributed by atoms with Crippen LogP contribution in [0.3, 0.4) is 0 Å². The summed E-state index contributed by atoms with van der Waals surface area (Å²) in [6, 6.07) is 10.1. The Morgan fingerprint density at radius 1 is 1.10 bits per heavy atom. The zero-order chi connectivity index (χ0) is 20.9. The van der Waals surface area contributed by atoms with Crippen molar-refractivity contribution in [2.24, 2.45) is 0 Å². The van der Waals surface area contributed by atoms with E-state index in [0.29, 0.717) is 11.6 Å². The van der Waals surface area contributed by atoms with Crippen molar-refractivity contribution < 1.29 is 4.79 Å². The molecule has 154 valence electrons. The first-order chi connectivity index (χ1) is 14.8. The molecule has 0 radical (unpaired) electrons. The molecule has 0 aliphatic heterocycles. The summed E-state index contributed by atoms with van der Waals surface area (Å²) in [6.07, 6.45) is 7.85. The summed E-state index contributed by atoms with van der Waals surface area (Å²) in [5.41, 5.74) is 4.90. The minimum absolute atomic E-state index is 0.0895. The minimum atomic E-state index is -0.0895. The van der Waals surface area contributed by atoms with E-state index in [2.05, 4.69) is 25.3 Å². The van der Waals surface area contributed by atoms with E-state index in [0.717, 1.165) is 46.4 Å². The van der Waals surface area contributed by atoms with E-state index < -0.39 is 0 Å². The average Bonchev–Trinajstić information content (AvgIpc) is 3.46. The van der Waals surface area contributed by atoms with E-state index in [9.17, 15) is 4.79 Å². The Balaban J connectivity index is 0.00000106. The number of aromatic amines is 1. The minimum Gasteiger partial charge on any atom is -0.346 e. The Hall–Kier alpha value is -3.06. The summed E-state index contributed by atoms with van der Waals surface area (Å²) in [6.45, 7) is 4.48. The van der Waals surface area contributed by atoms with Gasteiger partial charge in [-0.15, -0.1) is 11.3 Å². The Labute approximate surface area is 179 Å². The fourth-order valence-electron chi connectivity index (χ4n) is 3.59. The third-order valence-electron chi connectivity index (χ3n) is 5.07. The van der Waals surface area contributed by atoms with Crippen LogP contribution in [0.5, 0.6) is 0 Å². The zero-order valence-corrected chi connectivity index (χ0v) is 18.1. The molecule has 0 bridgehead atoms. The van der Waals surface area contributed by atoms with Crippen LogP contribution in [0.4, 0.5) is 0 Å². The van der Waals surface area contributed by atoms with E-state index >= 15 is 0 Å². The maximum absolute atomic E-state index is 12.5. The molecule has 6 nitrogen and oxygen atoms in total. The highest BCUT2D eigenvalue weighted by atomic mass is 32.1. The molecule has 2 N–H and O–H groups in total. The van der Waals surface area contributed by atoms with Crippen LogP contribution in [0.25, 0.3) is 22.3 Å². The second-order valence-corrected chi connectivity index (χ2v) is 8.02. The van der Waals surface area contributed by atoms with Gasteiger partial charge in [-0.1, -0.05) is 38.1 Å². The molecule has 5 rings (SSSR count). The van der Waals surface area contributed by atoms with Gasteiger partial charge >= 0.3 is 0 Å². The SMILES string of the molecule is CC.O=C(NCc1ccc(-c2ncnc3[nH]ccc23)cc1)c1nc2c(s1)CCCC2. The van der Waals surface area contributed by atoms with Gasteiger partial charge in [0.05, 0.1) is 11.4 Å². The number of amides is 1. The number of hydrogen-bond donors (Lipinski definition) is 2. The maximum Gasteiger partial charge on any atom is 0.280 e. The highest BCUT2D eigenvalue weighted by molar-refractivity contribution is 7.13. The summed E-state index contributed by atoms with van der Waals surface area (Å²) in [4.78, 5) is 30.0. The summed E-state index contributed by atoms with van der Waals surface area (Å²) in [7, 11) is 0. The van der Waals surface area contributed by atoms with Crippen molar-refractivity contribution in [2.45, 2.75) is 46.1 Å². The number of carbonyl (C=O) groups is 1. The van der Waals surface area contributed by atoms with Gasteiger partial charge in [0, 0.05) is 28.6 Å². The highest BCUT2D eigenvalue weighted by Crippen LogP contribution is 2.27.